The van der Waals surface area contributed by atoms with Crippen LogP contribution in [-0.4, -0.2) is 47.4 Å². The van der Waals surface area contributed by atoms with Gasteiger partial charge in [0.2, 0.25) is 5.91 Å². The predicted octanol–water partition coefficient (Wildman–Crippen LogP) is 5.54. The van der Waals surface area contributed by atoms with E-state index in [2.05, 4.69) is 15.9 Å². The lowest BCUT2D eigenvalue weighted by Gasteiger charge is -2.29. The fraction of sp³-hybridized carbons (Fsp3) is 0.258. The van der Waals surface area contributed by atoms with E-state index in [0.29, 0.717) is 38.7 Å². The molecule has 1 aliphatic heterocycles. The molecule has 1 fully saturated rings. The van der Waals surface area contributed by atoms with E-state index >= 15 is 0 Å². The molecule has 1 unspecified atom stereocenters. The number of carbonyl (C=O) groups excluding carboxylic acids is 2. The molecule has 4 aromatic rings. The molecule has 1 saturated heterocycles. The predicted molar refractivity (Wildman–Crippen MR) is 152 cm³/mol. The third-order valence-corrected chi connectivity index (χ3v) is 7.61. The molecule has 0 aliphatic carbocycles. The zero-order valence-electron chi connectivity index (χ0n) is 21.7. The summed E-state index contributed by atoms with van der Waals surface area (Å²) in [6, 6.07) is 19.8. The van der Waals surface area contributed by atoms with Crippen molar-refractivity contribution in [3.63, 3.8) is 0 Å². The SMILES string of the molecule is O=C(CN(CC1CCCO1)C(=O)c1ccccc1Br)N(Cc1ccc(F)cc1)Cc1coc2ccccc2c1=O. The highest BCUT2D eigenvalue weighted by atomic mass is 79.9. The Morgan fingerprint density at radius 1 is 0.950 bits per heavy atom. The summed E-state index contributed by atoms with van der Waals surface area (Å²) in [6.07, 6.45) is 2.89. The number of hydrogen-bond donors (Lipinski definition) is 0. The molecule has 9 heteroatoms. The van der Waals surface area contributed by atoms with Gasteiger partial charge in [-0.1, -0.05) is 36.4 Å². The molecular formula is C31H28BrFN2O5. The molecule has 206 valence electrons. The molecule has 40 heavy (non-hydrogen) atoms. The first-order valence-corrected chi connectivity index (χ1v) is 13.9. The maximum atomic E-state index is 13.9. The maximum Gasteiger partial charge on any atom is 0.255 e. The first kappa shape index (κ1) is 27.7. The summed E-state index contributed by atoms with van der Waals surface area (Å²) in [5, 5.41) is 0.415. The molecule has 1 atom stereocenters. The second-order valence-corrected chi connectivity index (χ2v) is 10.6. The summed E-state index contributed by atoms with van der Waals surface area (Å²) >= 11 is 3.45. The van der Waals surface area contributed by atoms with Gasteiger partial charge in [-0.15, -0.1) is 0 Å². The molecule has 0 radical (unpaired) electrons. The Kier molecular flexibility index (Phi) is 8.72. The van der Waals surface area contributed by atoms with Crippen LogP contribution < -0.4 is 5.43 Å². The molecule has 1 aromatic heterocycles. The van der Waals surface area contributed by atoms with Gasteiger partial charge in [-0.25, -0.2) is 4.39 Å². The molecule has 0 saturated carbocycles. The third kappa shape index (κ3) is 6.48. The third-order valence-electron chi connectivity index (χ3n) is 6.92. The van der Waals surface area contributed by atoms with E-state index < -0.39 is 5.82 Å². The van der Waals surface area contributed by atoms with Crippen molar-refractivity contribution in [2.75, 3.05) is 19.7 Å². The molecule has 5 rings (SSSR count). The Balaban J connectivity index is 1.45. The Bertz CT molecular complexity index is 1570. The minimum absolute atomic E-state index is 0.0413. The number of hydrogen-bond acceptors (Lipinski definition) is 5. The van der Waals surface area contributed by atoms with Crippen LogP contribution >= 0.6 is 15.9 Å². The molecule has 7 nitrogen and oxygen atoms in total. The molecule has 0 N–H and O–H groups in total. The topological polar surface area (TPSA) is 80.1 Å². The van der Waals surface area contributed by atoms with Crippen LogP contribution in [0.1, 0.15) is 34.3 Å². The van der Waals surface area contributed by atoms with Gasteiger partial charge < -0.3 is 19.0 Å². The van der Waals surface area contributed by atoms with Crippen LogP contribution in [0.3, 0.4) is 0 Å². The first-order chi connectivity index (χ1) is 19.4. The van der Waals surface area contributed by atoms with Gasteiger partial charge >= 0.3 is 0 Å². The number of amides is 2. The van der Waals surface area contributed by atoms with Gasteiger partial charge in [0.1, 0.15) is 17.9 Å². The second kappa shape index (κ2) is 12.6. The molecule has 2 amide bonds. The summed E-state index contributed by atoms with van der Waals surface area (Å²) in [5.74, 6) is -1.06. The highest BCUT2D eigenvalue weighted by Gasteiger charge is 2.28. The maximum absolute atomic E-state index is 13.9. The Hall–Kier alpha value is -3.82. The number of para-hydroxylation sites is 1. The minimum Gasteiger partial charge on any atom is -0.464 e. The number of carbonyl (C=O) groups is 2. The quantitative estimate of drug-likeness (QED) is 0.250. The van der Waals surface area contributed by atoms with Gasteiger partial charge in [0.05, 0.1) is 35.4 Å². The summed E-state index contributed by atoms with van der Waals surface area (Å²) in [5.41, 5.74) is 1.64. The van der Waals surface area contributed by atoms with Gasteiger partial charge in [-0.05, 0) is 70.7 Å². The van der Waals surface area contributed by atoms with Crippen LogP contribution in [0.25, 0.3) is 11.0 Å². The minimum atomic E-state index is -0.390. The summed E-state index contributed by atoms with van der Waals surface area (Å²) in [4.78, 5) is 43.7. The zero-order valence-corrected chi connectivity index (χ0v) is 23.3. The van der Waals surface area contributed by atoms with Crippen molar-refractivity contribution in [1.29, 1.82) is 0 Å². The average Bonchev–Trinajstić information content (AvgIpc) is 3.48. The molecular weight excluding hydrogens is 579 g/mol. The van der Waals surface area contributed by atoms with Gasteiger partial charge in [0.25, 0.3) is 5.91 Å². The van der Waals surface area contributed by atoms with Crippen LogP contribution in [-0.2, 0) is 22.6 Å². The fourth-order valence-corrected chi connectivity index (χ4v) is 5.25. The number of ether oxygens (including phenoxy) is 1. The molecule has 1 aliphatic rings. The average molecular weight is 607 g/mol. The van der Waals surface area contributed by atoms with Crippen molar-refractivity contribution in [2.24, 2.45) is 0 Å². The normalized spacial score (nSPS) is 14.8. The van der Waals surface area contributed by atoms with Crippen molar-refractivity contribution in [3.05, 3.63) is 116 Å². The van der Waals surface area contributed by atoms with Gasteiger partial charge in [0.15, 0.2) is 5.43 Å². The Labute approximate surface area is 239 Å². The van der Waals surface area contributed by atoms with E-state index in [9.17, 15) is 18.8 Å². The Morgan fingerprint density at radius 2 is 1.70 bits per heavy atom. The van der Waals surface area contributed by atoms with E-state index in [-0.39, 0.29) is 49.5 Å². The number of benzene rings is 3. The van der Waals surface area contributed by atoms with Crippen LogP contribution in [0.2, 0.25) is 0 Å². The monoisotopic (exact) mass is 606 g/mol. The van der Waals surface area contributed by atoms with E-state index in [1.807, 2.05) is 6.07 Å². The molecule has 3 aromatic carbocycles. The van der Waals surface area contributed by atoms with Crippen LogP contribution in [0.4, 0.5) is 4.39 Å². The first-order valence-electron chi connectivity index (χ1n) is 13.1. The summed E-state index contributed by atoms with van der Waals surface area (Å²) < 4.78 is 25.7. The smallest absolute Gasteiger partial charge is 0.255 e. The van der Waals surface area contributed by atoms with Gasteiger partial charge in [-0.3, -0.25) is 14.4 Å². The van der Waals surface area contributed by atoms with Crippen molar-refractivity contribution in [3.8, 4) is 0 Å². The fourth-order valence-electron chi connectivity index (χ4n) is 4.80. The lowest BCUT2D eigenvalue weighted by atomic mass is 10.1. The second-order valence-electron chi connectivity index (χ2n) is 9.76. The highest BCUT2D eigenvalue weighted by molar-refractivity contribution is 9.10. The Morgan fingerprint density at radius 3 is 2.45 bits per heavy atom. The van der Waals surface area contributed by atoms with Crippen molar-refractivity contribution in [1.82, 2.24) is 9.80 Å². The number of rotatable bonds is 9. The van der Waals surface area contributed by atoms with E-state index in [1.165, 1.54) is 28.2 Å². The lowest BCUT2D eigenvalue weighted by Crippen LogP contribution is -2.45. The van der Waals surface area contributed by atoms with E-state index in [1.54, 1.807) is 54.6 Å². The van der Waals surface area contributed by atoms with E-state index in [4.69, 9.17) is 9.15 Å². The van der Waals surface area contributed by atoms with Gasteiger partial charge in [-0.2, -0.15) is 0 Å². The van der Waals surface area contributed by atoms with Gasteiger partial charge in [0, 0.05) is 24.2 Å². The van der Waals surface area contributed by atoms with E-state index in [0.717, 1.165) is 12.8 Å². The molecule has 2 heterocycles. The lowest BCUT2D eigenvalue weighted by molar-refractivity contribution is -0.133. The zero-order chi connectivity index (χ0) is 28.1. The highest BCUT2D eigenvalue weighted by Crippen LogP contribution is 2.21. The number of nitrogens with zero attached hydrogens (tertiary/aromatic N) is 2. The number of fused-ring (bicyclic) bond motifs is 1. The largest absolute Gasteiger partial charge is 0.464 e. The number of halogens is 2. The van der Waals surface area contributed by atoms with Crippen LogP contribution in [0.15, 0.2) is 92.7 Å². The molecule has 0 bridgehead atoms. The summed E-state index contributed by atoms with van der Waals surface area (Å²) in [7, 11) is 0. The molecule has 0 spiro atoms. The standard InChI is InChI=1S/C31H28BrFN2O5/c32-27-9-3-1-7-25(27)31(38)35(18-24-6-5-15-39-24)19-29(36)34(16-21-11-13-23(33)14-12-21)17-22-20-40-28-10-4-2-8-26(28)30(22)37/h1-4,7-14,20,24H,5-6,15-19H2. The van der Waals surface area contributed by atoms with Crippen molar-refractivity contribution < 1.29 is 23.1 Å². The van der Waals surface area contributed by atoms with Crippen molar-refractivity contribution in [2.45, 2.75) is 32.0 Å². The van der Waals surface area contributed by atoms with Crippen LogP contribution in [0, 0.1) is 5.82 Å². The van der Waals surface area contributed by atoms with Crippen LogP contribution in [0.5, 0.6) is 0 Å². The van der Waals surface area contributed by atoms with Crippen molar-refractivity contribution >= 4 is 38.7 Å². The summed E-state index contributed by atoms with van der Waals surface area (Å²) in [6.45, 7) is 0.724.